The summed E-state index contributed by atoms with van der Waals surface area (Å²) in [6, 6.07) is 0. The molecule has 0 saturated carbocycles. The van der Waals surface area contributed by atoms with E-state index in [9.17, 15) is 0 Å². The molecule has 0 N–H and O–H groups in total. The van der Waals surface area contributed by atoms with Gasteiger partial charge in [-0.05, 0) is 22.7 Å². The third-order valence-corrected chi connectivity index (χ3v) is 4.23. The molecule has 0 rings (SSSR count). The maximum absolute atomic E-state index is 2.39. The second-order valence-corrected chi connectivity index (χ2v) is 7.47. The number of rotatable bonds is 4. The minimum absolute atomic E-state index is 0.477. The van der Waals surface area contributed by atoms with Gasteiger partial charge >= 0.3 is 0 Å². The molecule has 0 aliphatic carbocycles. The van der Waals surface area contributed by atoms with Crippen LogP contribution < -0.4 is 0 Å². The van der Waals surface area contributed by atoms with Crippen LogP contribution in [0.5, 0.6) is 0 Å². The molecule has 0 fully saturated rings. The lowest BCUT2D eigenvalue weighted by Crippen LogP contribution is -2.19. The molecule has 0 spiro atoms. The highest BCUT2D eigenvalue weighted by molar-refractivity contribution is 4.73. The Labute approximate surface area is 97.8 Å². The summed E-state index contributed by atoms with van der Waals surface area (Å²) in [5, 5.41) is 0. The molecular formula is C15H32. The van der Waals surface area contributed by atoms with Crippen LogP contribution in [0.4, 0.5) is 0 Å². The van der Waals surface area contributed by atoms with Crippen LogP contribution in [0.2, 0.25) is 0 Å². The van der Waals surface area contributed by atoms with Gasteiger partial charge in [0.2, 0.25) is 0 Å². The van der Waals surface area contributed by atoms with E-state index in [1.807, 2.05) is 0 Å². The van der Waals surface area contributed by atoms with Crippen LogP contribution >= 0.6 is 0 Å². The normalized spacial score (nSPS) is 17.6. The van der Waals surface area contributed by atoms with E-state index in [2.05, 4.69) is 55.4 Å². The summed E-state index contributed by atoms with van der Waals surface area (Å²) in [7, 11) is 0. The average molecular weight is 212 g/mol. The van der Waals surface area contributed by atoms with E-state index in [0.717, 1.165) is 11.8 Å². The first kappa shape index (κ1) is 15.0. The zero-order chi connectivity index (χ0) is 12.3. The summed E-state index contributed by atoms with van der Waals surface area (Å²) in [4.78, 5) is 0. The fraction of sp³-hybridized carbons (Fsp3) is 1.00. The van der Waals surface area contributed by atoms with Gasteiger partial charge in [0, 0.05) is 0 Å². The van der Waals surface area contributed by atoms with Crippen molar-refractivity contribution in [2.45, 2.75) is 74.7 Å². The molecule has 0 amide bonds. The molecule has 0 aromatic heterocycles. The van der Waals surface area contributed by atoms with Gasteiger partial charge in [-0.2, -0.15) is 0 Å². The SMILES string of the molecule is CC(CCCC(C)C(C)(C)C)C(C)(C)C. The molecule has 0 nitrogen and oxygen atoms in total. The van der Waals surface area contributed by atoms with Crippen molar-refractivity contribution in [3.8, 4) is 0 Å². The highest BCUT2D eigenvalue weighted by atomic mass is 14.3. The Morgan fingerprint density at radius 1 is 0.667 bits per heavy atom. The van der Waals surface area contributed by atoms with Gasteiger partial charge in [0.1, 0.15) is 0 Å². The Hall–Kier alpha value is 0. The molecule has 2 atom stereocenters. The van der Waals surface area contributed by atoms with Crippen molar-refractivity contribution in [3.63, 3.8) is 0 Å². The standard InChI is InChI=1S/C15H32/c1-12(14(3,4)5)10-9-11-13(2)15(6,7)8/h12-13H,9-11H2,1-8H3. The van der Waals surface area contributed by atoms with Crippen LogP contribution in [-0.2, 0) is 0 Å². The van der Waals surface area contributed by atoms with Crippen LogP contribution in [0.25, 0.3) is 0 Å². The van der Waals surface area contributed by atoms with E-state index in [1.165, 1.54) is 19.3 Å². The zero-order valence-electron chi connectivity index (χ0n) is 12.3. The van der Waals surface area contributed by atoms with E-state index >= 15 is 0 Å². The van der Waals surface area contributed by atoms with E-state index in [0.29, 0.717) is 10.8 Å². The quantitative estimate of drug-likeness (QED) is 0.575. The predicted octanol–water partition coefficient (Wildman–Crippen LogP) is 5.52. The Morgan fingerprint density at radius 2 is 0.933 bits per heavy atom. The van der Waals surface area contributed by atoms with Gasteiger partial charge < -0.3 is 0 Å². The second-order valence-electron chi connectivity index (χ2n) is 7.47. The smallest absolute Gasteiger partial charge is 0.0357 e. The molecule has 0 aromatic rings. The Balaban J connectivity index is 3.81. The van der Waals surface area contributed by atoms with Crippen LogP contribution in [-0.4, -0.2) is 0 Å². The molecule has 0 heterocycles. The topological polar surface area (TPSA) is 0 Å². The summed E-state index contributed by atoms with van der Waals surface area (Å²) in [5.74, 6) is 1.68. The number of hydrogen-bond donors (Lipinski definition) is 0. The van der Waals surface area contributed by atoms with Crippen molar-refractivity contribution in [1.82, 2.24) is 0 Å². The van der Waals surface area contributed by atoms with Crippen LogP contribution in [0.15, 0.2) is 0 Å². The Morgan fingerprint density at radius 3 is 1.13 bits per heavy atom. The fourth-order valence-corrected chi connectivity index (χ4v) is 1.60. The van der Waals surface area contributed by atoms with Crippen LogP contribution in [0.1, 0.15) is 74.7 Å². The predicted molar refractivity (Wildman–Crippen MR) is 71.1 cm³/mol. The van der Waals surface area contributed by atoms with E-state index in [-0.39, 0.29) is 0 Å². The molecule has 0 bridgehead atoms. The van der Waals surface area contributed by atoms with Crippen LogP contribution in [0.3, 0.4) is 0 Å². The van der Waals surface area contributed by atoms with Gasteiger partial charge in [0.05, 0.1) is 0 Å². The monoisotopic (exact) mass is 212 g/mol. The molecule has 0 radical (unpaired) electrons. The largest absolute Gasteiger partial charge is 0.0620 e. The first-order valence-corrected chi connectivity index (χ1v) is 6.55. The average Bonchev–Trinajstić information content (AvgIpc) is 2.00. The van der Waals surface area contributed by atoms with Crippen molar-refractivity contribution >= 4 is 0 Å². The maximum atomic E-state index is 2.39. The summed E-state index contributed by atoms with van der Waals surface area (Å²) >= 11 is 0. The molecule has 2 unspecified atom stereocenters. The van der Waals surface area contributed by atoms with E-state index in [1.54, 1.807) is 0 Å². The van der Waals surface area contributed by atoms with Gasteiger partial charge in [-0.1, -0.05) is 74.7 Å². The highest BCUT2D eigenvalue weighted by Gasteiger charge is 2.22. The lowest BCUT2D eigenvalue weighted by atomic mass is 9.76. The summed E-state index contributed by atoms with van der Waals surface area (Å²) in [5.41, 5.74) is 0.954. The molecule has 92 valence electrons. The zero-order valence-corrected chi connectivity index (χ0v) is 12.3. The molecule has 0 heteroatoms. The summed E-state index contributed by atoms with van der Waals surface area (Å²) in [6.45, 7) is 18.9. The molecule has 0 aliphatic heterocycles. The van der Waals surface area contributed by atoms with Gasteiger partial charge in [-0.3, -0.25) is 0 Å². The number of hydrogen-bond acceptors (Lipinski definition) is 0. The molecule has 0 aliphatic rings. The summed E-state index contributed by atoms with van der Waals surface area (Å²) in [6.07, 6.45) is 4.14. The minimum Gasteiger partial charge on any atom is -0.0620 e. The molecule has 15 heavy (non-hydrogen) atoms. The fourth-order valence-electron chi connectivity index (χ4n) is 1.60. The van der Waals surface area contributed by atoms with Crippen molar-refractivity contribution in [2.24, 2.45) is 22.7 Å². The van der Waals surface area contributed by atoms with Gasteiger partial charge in [-0.15, -0.1) is 0 Å². The maximum Gasteiger partial charge on any atom is -0.0357 e. The van der Waals surface area contributed by atoms with Crippen molar-refractivity contribution in [3.05, 3.63) is 0 Å². The van der Waals surface area contributed by atoms with Gasteiger partial charge in [0.25, 0.3) is 0 Å². The van der Waals surface area contributed by atoms with E-state index in [4.69, 9.17) is 0 Å². The van der Waals surface area contributed by atoms with Crippen molar-refractivity contribution in [2.75, 3.05) is 0 Å². The van der Waals surface area contributed by atoms with Gasteiger partial charge in [-0.25, -0.2) is 0 Å². The Kier molecular flexibility index (Phi) is 5.37. The first-order chi connectivity index (χ1) is 6.55. The third-order valence-electron chi connectivity index (χ3n) is 4.23. The highest BCUT2D eigenvalue weighted by Crippen LogP contribution is 2.33. The van der Waals surface area contributed by atoms with Gasteiger partial charge in [0.15, 0.2) is 0 Å². The molecule has 0 saturated heterocycles. The first-order valence-electron chi connectivity index (χ1n) is 6.55. The third kappa shape index (κ3) is 6.22. The van der Waals surface area contributed by atoms with Crippen molar-refractivity contribution in [1.29, 1.82) is 0 Å². The van der Waals surface area contributed by atoms with Crippen LogP contribution in [0, 0.1) is 22.7 Å². The Bertz CT molecular complexity index is 145. The van der Waals surface area contributed by atoms with E-state index < -0.39 is 0 Å². The minimum atomic E-state index is 0.477. The second kappa shape index (κ2) is 5.37. The lowest BCUT2D eigenvalue weighted by Gasteiger charge is -2.30. The van der Waals surface area contributed by atoms with Crippen molar-refractivity contribution < 1.29 is 0 Å². The summed E-state index contributed by atoms with van der Waals surface area (Å²) < 4.78 is 0. The molecule has 0 aromatic carbocycles. The molecular weight excluding hydrogens is 180 g/mol. The lowest BCUT2D eigenvalue weighted by molar-refractivity contribution is 0.209.